The molecule has 0 aliphatic carbocycles. The zero-order chi connectivity index (χ0) is 12.4. The van der Waals surface area contributed by atoms with Crippen LogP contribution in [-0.4, -0.2) is 38.2 Å². The Morgan fingerprint density at radius 3 is 2.19 bits per heavy atom. The smallest absolute Gasteiger partial charge is 0.435 e. The molecule has 0 aromatic heterocycles. The van der Waals surface area contributed by atoms with Crippen molar-refractivity contribution in [2.45, 2.75) is 20.0 Å². The van der Waals surface area contributed by atoms with Gasteiger partial charge in [-0.05, 0) is 13.8 Å². The predicted octanol–water partition coefficient (Wildman–Crippen LogP) is 1.33. The van der Waals surface area contributed by atoms with E-state index >= 15 is 0 Å². The highest BCUT2D eigenvalue weighted by atomic mass is 16.7. The molecule has 0 amide bonds. The molecular formula is C10H14O6. The lowest BCUT2D eigenvalue weighted by Gasteiger charge is -2.11. The van der Waals surface area contributed by atoms with Gasteiger partial charge in [0.2, 0.25) is 0 Å². The van der Waals surface area contributed by atoms with E-state index < -0.39 is 18.4 Å². The van der Waals surface area contributed by atoms with E-state index in [-0.39, 0.29) is 19.8 Å². The van der Waals surface area contributed by atoms with Crippen molar-refractivity contribution in [3.8, 4) is 12.3 Å². The normalized spacial score (nSPS) is 10.8. The van der Waals surface area contributed by atoms with E-state index in [9.17, 15) is 9.59 Å². The first-order valence-electron chi connectivity index (χ1n) is 4.73. The molecule has 0 bridgehead atoms. The van der Waals surface area contributed by atoms with Gasteiger partial charge >= 0.3 is 12.3 Å². The van der Waals surface area contributed by atoms with Crippen LogP contribution < -0.4 is 0 Å². The number of rotatable bonds is 5. The highest BCUT2D eigenvalue weighted by Crippen LogP contribution is 1.97. The number of carbonyl (C=O) groups excluding carboxylic acids is 2. The van der Waals surface area contributed by atoms with Crippen LogP contribution in [0.4, 0.5) is 9.59 Å². The second-order valence-corrected chi connectivity index (χ2v) is 2.45. The van der Waals surface area contributed by atoms with E-state index in [0.717, 1.165) is 0 Å². The van der Waals surface area contributed by atoms with Gasteiger partial charge in [0.15, 0.2) is 6.10 Å². The Balaban J connectivity index is 3.89. The molecule has 90 valence electrons. The standard InChI is InChI=1S/C10H14O6/c1-4-8(16-10(12)14-6-3)7-15-9(11)13-5-2/h1,8H,5-7H2,2-3H3. The molecule has 1 atom stereocenters. The monoisotopic (exact) mass is 230 g/mol. The summed E-state index contributed by atoms with van der Waals surface area (Å²) in [4.78, 5) is 21.7. The van der Waals surface area contributed by atoms with E-state index in [4.69, 9.17) is 6.42 Å². The minimum absolute atomic E-state index is 0.175. The molecule has 16 heavy (non-hydrogen) atoms. The van der Waals surface area contributed by atoms with Gasteiger partial charge < -0.3 is 18.9 Å². The number of terminal acetylenes is 1. The molecule has 0 N–H and O–H groups in total. The van der Waals surface area contributed by atoms with Gasteiger partial charge in [0.1, 0.15) is 6.61 Å². The lowest BCUT2D eigenvalue weighted by molar-refractivity contribution is 0.00302. The lowest BCUT2D eigenvalue weighted by Crippen LogP contribution is -2.24. The molecule has 0 aromatic carbocycles. The first-order valence-corrected chi connectivity index (χ1v) is 4.73. The van der Waals surface area contributed by atoms with E-state index in [1.807, 2.05) is 0 Å². The summed E-state index contributed by atoms with van der Waals surface area (Å²) < 4.78 is 18.2. The van der Waals surface area contributed by atoms with Crippen LogP contribution in [0, 0.1) is 12.3 Å². The minimum Gasteiger partial charge on any atom is -0.435 e. The third-order valence-electron chi connectivity index (χ3n) is 1.30. The maximum atomic E-state index is 10.9. The zero-order valence-corrected chi connectivity index (χ0v) is 9.23. The van der Waals surface area contributed by atoms with Crippen LogP contribution in [0.3, 0.4) is 0 Å². The Hall–Kier alpha value is -1.90. The maximum absolute atomic E-state index is 10.9. The Morgan fingerprint density at radius 2 is 1.69 bits per heavy atom. The van der Waals surface area contributed by atoms with Gasteiger partial charge in [0, 0.05) is 0 Å². The number of carbonyl (C=O) groups is 2. The first-order chi connectivity index (χ1) is 7.63. The van der Waals surface area contributed by atoms with Crippen LogP contribution in [-0.2, 0) is 18.9 Å². The molecule has 1 unspecified atom stereocenters. The minimum atomic E-state index is -0.983. The molecular weight excluding hydrogens is 216 g/mol. The van der Waals surface area contributed by atoms with E-state index in [1.165, 1.54) is 0 Å². The maximum Gasteiger partial charge on any atom is 0.509 e. The van der Waals surface area contributed by atoms with Crippen molar-refractivity contribution in [2.24, 2.45) is 0 Å². The lowest BCUT2D eigenvalue weighted by atomic mass is 10.4. The van der Waals surface area contributed by atoms with Crippen LogP contribution in [0.25, 0.3) is 0 Å². The van der Waals surface area contributed by atoms with Crippen LogP contribution >= 0.6 is 0 Å². The van der Waals surface area contributed by atoms with Gasteiger partial charge in [-0.25, -0.2) is 9.59 Å². The number of hydrogen-bond acceptors (Lipinski definition) is 6. The molecule has 0 saturated heterocycles. The molecule has 0 heterocycles. The summed E-state index contributed by atoms with van der Waals surface area (Å²) in [6.45, 7) is 3.36. The van der Waals surface area contributed by atoms with Gasteiger partial charge in [-0.15, -0.1) is 6.42 Å². The van der Waals surface area contributed by atoms with E-state index in [1.54, 1.807) is 13.8 Å². The van der Waals surface area contributed by atoms with Gasteiger partial charge in [-0.3, -0.25) is 0 Å². The van der Waals surface area contributed by atoms with Crippen LogP contribution in [0.2, 0.25) is 0 Å². The molecule has 0 spiro atoms. The average molecular weight is 230 g/mol. The summed E-state index contributed by atoms with van der Waals surface area (Å²) in [6.07, 6.45) is 2.31. The summed E-state index contributed by atoms with van der Waals surface area (Å²) in [5, 5.41) is 0. The molecule has 0 saturated carbocycles. The van der Waals surface area contributed by atoms with Crippen molar-refractivity contribution in [3.05, 3.63) is 0 Å². The number of hydrogen-bond donors (Lipinski definition) is 0. The Bertz CT molecular complexity index is 267. The SMILES string of the molecule is C#CC(COC(=O)OCC)OC(=O)OCC. The zero-order valence-electron chi connectivity index (χ0n) is 9.23. The fourth-order valence-corrected chi connectivity index (χ4v) is 0.687. The Morgan fingerprint density at radius 1 is 1.12 bits per heavy atom. The molecule has 0 rings (SSSR count). The molecule has 0 aliphatic rings. The molecule has 6 nitrogen and oxygen atoms in total. The summed E-state index contributed by atoms with van der Waals surface area (Å²) >= 11 is 0. The third-order valence-corrected chi connectivity index (χ3v) is 1.30. The highest BCUT2D eigenvalue weighted by Gasteiger charge is 2.15. The highest BCUT2D eigenvalue weighted by molar-refractivity contribution is 5.61. The number of ether oxygens (including phenoxy) is 4. The first kappa shape index (κ1) is 14.1. The predicted molar refractivity (Wildman–Crippen MR) is 53.7 cm³/mol. The Kier molecular flexibility index (Phi) is 7.41. The van der Waals surface area contributed by atoms with Crippen molar-refractivity contribution >= 4 is 12.3 Å². The quantitative estimate of drug-likeness (QED) is 0.524. The van der Waals surface area contributed by atoms with E-state index in [0.29, 0.717) is 0 Å². The second-order valence-electron chi connectivity index (χ2n) is 2.45. The van der Waals surface area contributed by atoms with Gasteiger partial charge in [0.25, 0.3) is 0 Å². The fourth-order valence-electron chi connectivity index (χ4n) is 0.687. The molecule has 0 aliphatic heterocycles. The van der Waals surface area contributed by atoms with Crippen LogP contribution in [0.5, 0.6) is 0 Å². The van der Waals surface area contributed by atoms with Crippen molar-refractivity contribution in [1.29, 1.82) is 0 Å². The van der Waals surface area contributed by atoms with Crippen LogP contribution in [0.1, 0.15) is 13.8 Å². The average Bonchev–Trinajstić information content (AvgIpc) is 2.25. The summed E-state index contributed by atoms with van der Waals surface area (Å²) in [7, 11) is 0. The molecule has 0 radical (unpaired) electrons. The van der Waals surface area contributed by atoms with Gasteiger partial charge in [-0.1, -0.05) is 5.92 Å². The fraction of sp³-hybridized carbons (Fsp3) is 0.600. The van der Waals surface area contributed by atoms with E-state index in [2.05, 4.69) is 24.9 Å². The topological polar surface area (TPSA) is 71.1 Å². The van der Waals surface area contributed by atoms with Crippen molar-refractivity contribution < 1.29 is 28.5 Å². The summed E-state index contributed by atoms with van der Waals surface area (Å²) in [6, 6.07) is 0. The summed E-state index contributed by atoms with van der Waals surface area (Å²) in [5.41, 5.74) is 0. The van der Waals surface area contributed by atoms with Crippen molar-refractivity contribution in [1.82, 2.24) is 0 Å². The molecule has 6 heteroatoms. The summed E-state index contributed by atoms with van der Waals surface area (Å²) in [5.74, 6) is 2.13. The van der Waals surface area contributed by atoms with Crippen LogP contribution in [0.15, 0.2) is 0 Å². The Labute approximate surface area is 93.8 Å². The van der Waals surface area contributed by atoms with Gasteiger partial charge in [0.05, 0.1) is 13.2 Å². The van der Waals surface area contributed by atoms with Gasteiger partial charge in [-0.2, -0.15) is 0 Å². The molecule has 0 fully saturated rings. The largest absolute Gasteiger partial charge is 0.509 e. The third kappa shape index (κ3) is 6.54. The van der Waals surface area contributed by atoms with Crippen molar-refractivity contribution in [3.63, 3.8) is 0 Å². The molecule has 0 aromatic rings. The van der Waals surface area contributed by atoms with Crippen molar-refractivity contribution in [2.75, 3.05) is 19.8 Å². The second kappa shape index (κ2) is 8.41.